The molecule has 118 valence electrons. The van der Waals surface area contributed by atoms with Crippen molar-refractivity contribution in [3.63, 3.8) is 0 Å². The van der Waals surface area contributed by atoms with Gasteiger partial charge in [0.2, 0.25) is 10.0 Å². The number of halogens is 3. The van der Waals surface area contributed by atoms with Crippen molar-refractivity contribution in [3.05, 3.63) is 29.8 Å². The molecule has 0 radical (unpaired) electrons. The summed E-state index contributed by atoms with van der Waals surface area (Å²) in [6.07, 6.45) is -4.76. The van der Waals surface area contributed by atoms with Gasteiger partial charge in [-0.15, -0.1) is 0 Å². The van der Waals surface area contributed by atoms with Crippen LogP contribution in [0.4, 0.5) is 13.2 Å². The third kappa shape index (κ3) is 3.96. The van der Waals surface area contributed by atoms with Crippen LogP contribution in [0, 0.1) is 0 Å². The SMILES string of the molecule is CN([C@H]1CCOC1)S(=O)(=O)c1ccc(CC(F)(F)F)cc1. The summed E-state index contributed by atoms with van der Waals surface area (Å²) in [5.41, 5.74) is 0.0355. The minimum Gasteiger partial charge on any atom is -0.380 e. The molecule has 1 saturated heterocycles. The molecule has 8 heteroatoms. The Labute approximate surface area is 121 Å². The van der Waals surface area contributed by atoms with Gasteiger partial charge in [0.05, 0.1) is 24.0 Å². The van der Waals surface area contributed by atoms with Gasteiger partial charge < -0.3 is 4.74 Å². The van der Waals surface area contributed by atoms with Gasteiger partial charge in [0.15, 0.2) is 0 Å². The van der Waals surface area contributed by atoms with Crippen LogP contribution in [0.1, 0.15) is 12.0 Å². The first kappa shape index (κ1) is 16.3. The Morgan fingerprint density at radius 1 is 1.29 bits per heavy atom. The van der Waals surface area contributed by atoms with Crippen molar-refractivity contribution in [2.24, 2.45) is 0 Å². The molecule has 0 N–H and O–H groups in total. The van der Waals surface area contributed by atoms with E-state index in [0.29, 0.717) is 19.6 Å². The molecular formula is C13H16F3NO3S. The molecule has 0 saturated carbocycles. The lowest BCUT2D eigenvalue weighted by molar-refractivity contribution is -0.127. The molecule has 1 aliphatic heterocycles. The molecule has 4 nitrogen and oxygen atoms in total. The fraction of sp³-hybridized carbons (Fsp3) is 0.538. The van der Waals surface area contributed by atoms with E-state index in [0.717, 1.165) is 0 Å². The summed E-state index contributed by atoms with van der Waals surface area (Å²) in [4.78, 5) is -0.0113. The van der Waals surface area contributed by atoms with Gasteiger partial charge in [-0.1, -0.05) is 12.1 Å². The summed E-state index contributed by atoms with van der Waals surface area (Å²) in [6.45, 7) is 0.844. The molecular weight excluding hydrogens is 307 g/mol. The molecule has 0 aromatic heterocycles. The number of ether oxygens (including phenoxy) is 1. The van der Waals surface area contributed by atoms with Crippen LogP contribution in [0.5, 0.6) is 0 Å². The Hall–Kier alpha value is -1.12. The number of rotatable bonds is 4. The van der Waals surface area contributed by atoms with Crippen LogP contribution in [0.3, 0.4) is 0 Å². The van der Waals surface area contributed by atoms with Crippen LogP contribution in [0.25, 0.3) is 0 Å². The highest BCUT2D eigenvalue weighted by Crippen LogP contribution is 2.24. The maximum absolute atomic E-state index is 12.4. The lowest BCUT2D eigenvalue weighted by Gasteiger charge is -2.22. The lowest BCUT2D eigenvalue weighted by Crippen LogP contribution is -2.37. The van der Waals surface area contributed by atoms with Crippen molar-refractivity contribution in [1.29, 1.82) is 0 Å². The molecule has 0 amide bonds. The Morgan fingerprint density at radius 3 is 2.38 bits per heavy atom. The van der Waals surface area contributed by atoms with E-state index in [2.05, 4.69) is 0 Å². The maximum Gasteiger partial charge on any atom is 0.393 e. The van der Waals surface area contributed by atoms with Gasteiger partial charge >= 0.3 is 6.18 Å². The van der Waals surface area contributed by atoms with E-state index in [1.807, 2.05) is 0 Å². The maximum atomic E-state index is 12.4. The average molecular weight is 323 g/mol. The third-order valence-corrected chi connectivity index (χ3v) is 5.35. The van der Waals surface area contributed by atoms with Crippen LogP contribution >= 0.6 is 0 Å². The fourth-order valence-electron chi connectivity index (χ4n) is 2.18. The fourth-order valence-corrected chi connectivity index (χ4v) is 3.55. The van der Waals surface area contributed by atoms with Crippen molar-refractivity contribution in [2.75, 3.05) is 20.3 Å². The largest absolute Gasteiger partial charge is 0.393 e. The normalized spacial score (nSPS) is 20.1. The van der Waals surface area contributed by atoms with Crippen molar-refractivity contribution < 1.29 is 26.3 Å². The van der Waals surface area contributed by atoms with Gasteiger partial charge in [-0.2, -0.15) is 17.5 Å². The van der Waals surface area contributed by atoms with Gasteiger partial charge in [0.1, 0.15) is 0 Å². The molecule has 0 spiro atoms. The quantitative estimate of drug-likeness (QED) is 0.853. The van der Waals surface area contributed by atoms with Crippen LogP contribution < -0.4 is 0 Å². The van der Waals surface area contributed by atoms with Gasteiger partial charge in [-0.05, 0) is 24.1 Å². The first-order valence-corrected chi connectivity index (χ1v) is 7.85. The summed E-state index contributed by atoms with van der Waals surface area (Å²) in [7, 11) is -2.25. The predicted octanol–water partition coefficient (Wildman–Crippen LogP) is 2.20. The summed E-state index contributed by atoms with van der Waals surface area (Å²) in [5, 5.41) is 0. The third-order valence-electron chi connectivity index (χ3n) is 3.42. The second kappa shape index (κ2) is 5.94. The summed E-state index contributed by atoms with van der Waals surface area (Å²) in [6, 6.07) is 4.58. The van der Waals surface area contributed by atoms with E-state index in [-0.39, 0.29) is 16.5 Å². The average Bonchev–Trinajstić information content (AvgIpc) is 2.90. The zero-order valence-corrected chi connectivity index (χ0v) is 12.2. The zero-order valence-electron chi connectivity index (χ0n) is 11.4. The summed E-state index contributed by atoms with van der Waals surface area (Å²) in [5.74, 6) is 0. The number of alkyl halides is 3. The monoisotopic (exact) mass is 323 g/mol. The van der Waals surface area contributed by atoms with Crippen LogP contribution in [0.15, 0.2) is 29.2 Å². The molecule has 1 heterocycles. The van der Waals surface area contributed by atoms with Crippen LogP contribution in [-0.2, 0) is 21.2 Å². The van der Waals surface area contributed by atoms with E-state index in [1.54, 1.807) is 0 Å². The highest BCUT2D eigenvalue weighted by Gasteiger charge is 2.31. The number of sulfonamides is 1. The molecule has 0 bridgehead atoms. The number of hydrogen-bond acceptors (Lipinski definition) is 3. The van der Waals surface area contributed by atoms with Crippen LogP contribution in [-0.4, -0.2) is 45.2 Å². The molecule has 2 rings (SSSR count). The molecule has 21 heavy (non-hydrogen) atoms. The van der Waals surface area contributed by atoms with Crippen molar-refractivity contribution in [2.45, 2.75) is 30.0 Å². The first-order chi connectivity index (χ1) is 9.70. The number of likely N-dealkylation sites (N-methyl/N-ethyl adjacent to an activating group) is 1. The Morgan fingerprint density at radius 2 is 1.90 bits per heavy atom. The molecule has 1 aromatic rings. The highest BCUT2D eigenvalue weighted by atomic mass is 32.2. The standard InChI is InChI=1S/C13H16F3NO3S/c1-17(11-6-7-20-9-11)21(18,19)12-4-2-10(3-5-12)8-13(14,15)16/h2-5,11H,6-9H2,1H3/t11-/m0/s1. The number of nitrogens with zero attached hydrogens (tertiary/aromatic N) is 1. The van der Waals surface area contributed by atoms with E-state index < -0.39 is 22.6 Å². The van der Waals surface area contributed by atoms with Gasteiger partial charge in [-0.3, -0.25) is 0 Å². The second-order valence-electron chi connectivity index (χ2n) is 4.97. The topological polar surface area (TPSA) is 46.6 Å². The Balaban J connectivity index is 2.16. The highest BCUT2D eigenvalue weighted by molar-refractivity contribution is 7.89. The van der Waals surface area contributed by atoms with Crippen molar-refractivity contribution >= 4 is 10.0 Å². The van der Waals surface area contributed by atoms with Gasteiger partial charge in [0, 0.05) is 13.7 Å². The van der Waals surface area contributed by atoms with E-state index in [9.17, 15) is 21.6 Å². The lowest BCUT2D eigenvalue weighted by atomic mass is 10.1. The van der Waals surface area contributed by atoms with E-state index >= 15 is 0 Å². The van der Waals surface area contributed by atoms with Crippen molar-refractivity contribution in [3.8, 4) is 0 Å². The van der Waals surface area contributed by atoms with Crippen molar-refractivity contribution in [1.82, 2.24) is 4.31 Å². The second-order valence-corrected chi connectivity index (χ2v) is 6.97. The molecule has 1 aliphatic rings. The van der Waals surface area contributed by atoms with Gasteiger partial charge in [0.25, 0.3) is 0 Å². The molecule has 1 aromatic carbocycles. The predicted molar refractivity (Wildman–Crippen MR) is 70.4 cm³/mol. The minimum absolute atomic E-state index is 0.0113. The summed E-state index contributed by atoms with van der Waals surface area (Å²) >= 11 is 0. The zero-order chi connectivity index (χ0) is 15.7. The minimum atomic E-state index is -4.31. The molecule has 0 aliphatic carbocycles. The number of benzene rings is 1. The Kier molecular flexibility index (Phi) is 4.60. The van der Waals surface area contributed by atoms with E-state index in [1.165, 1.54) is 35.6 Å². The summed E-state index contributed by atoms with van der Waals surface area (Å²) < 4.78 is 67.9. The molecule has 1 atom stereocenters. The van der Waals surface area contributed by atoms with Crippen LogP contribution in [0.2, 0.25) is 0 Å². The number of hydrogen-bond donors (Lipinski definition) is 0. The first-order valence-electron chi connectivity index (χ1n) is 6.41. The molecule has 1 fully saturated rings. The molecule has 0 unspecified atom stereocenters. The smallest absolute Gasteiger partial charge is 0.380 e. The Bertz CT molecular complexity index is 578. The van der Waals surface area contributed by atoms with E-state index in [4.69, 9.17) is 4.74 Å². The van der Waals surface area contributed by atoms with Gasteiger partial charge in [-0.25, -0.2) is 8.42 Å².